The van der Waals surface area contributed by atoms with Gasteiger partial charge >= 0.3 is 0 Å². The van der Waals surface area contributed by atoms with Gasteiger partial charge in [-0.1, -0.05) is 54.6 Å². The second kappa shape index (κ2) is 4.94. The van der Waals surface area contributed by atoms with Gasteiger partial charge in [-0.25, -0.2) is 4.98 Å². The fourth-order valence-corrected chi connectivity index (χ4v) is 2.03. The molecule has 2 aromatic carbocycles. The molecule has 1 aromatic heterocycles. The lowest BCUT2D eigenvalue weighted by molar-refractivity contribution is 1.32. The first-order valence-electron chi connectivity index (χ1n) is 6.21. The summed E-state index contributed by atoms with van der Waals surface area (Å²) in [5.41, 5.74) is 9.64. The molecule has 0 radical (unpaired) electrons. The third kappa shape index (κ3) is 2.47. The molecule has 0 saturated carbocycles. The van der Waals surface area contributed by atoms with Crippen LogP contribution in [0.15, 0.2) is 66.7 Å². The van der Waals surface area contributed by atoms with Crippen molar-refractivity contribution in [2.24, 2.45) is 5.73 Å². The number of hydrogen-bond acceptors (Lipinski definition) is 2. The Morgan fingerprint density at radius 2 is 1.58 bits per heavy atom. The zero-order chi connectivity index (χ0) is 13.1. The topological polar surface area (TPSA) is 38.9 Å². The summed E-state index contributed by atoms with van der Waals surface area (Å²) in [4.78, 5) is 4.58. The van der Waals surface area contributed by atoms with Crippen molar-refractivity contribution in [1.82, 2.24) is 4.98 Å². The van der Waals surface area contributed by atoms with Crippen LogP contribution in [0.4, 0.5) is 0 Å². The van der Waals surface area contributed by atoms with Crippen LogP contribution in [0.5, 0.6) is 0 Å². The van der Waals surface area contributed by atoms with Gasteiger partial charge in [0.2, 0.25) is 0 Å². The van der Waals surface area contributed by atoms with E-state index in [1.807, 2.05) is 72.8 Å². The average molecular weight is 246 g/mol. The first-order chi connectivity index (χ1) is 9.33. The summed E-state index contributed by atoms with van der Waals surface area (Å²) in [5.74, 6) is 0. The van der Waals surface area contributed by atoms with Crippen LogP contribution in [0, 0.1) is 0 Å². The second-order valence-corrected chi connectivity index (χ2v) is 4.40. The highest BCUT2D eigenvalue weighted by molar-refractivity contribution is 5.84. The predicted octanol–water partition coefficient (Wildman–Crippen LogP) is 3.69. The zero-order valence-electron chi connectivity index (χ0n) is 10.5. The average Bonchev–Trinajstić information content (AvgIpc) is 2.48. The summed E-state index contributed by atoms with van der Waals surface area (Å²) in [6.45, 7) is 0. The molecule has 0 amide bonds. The van der Waals surface area contributed by atoms with Crippen molar-refractivity contribution in [3.05, 3.63) is 78.0 Å². The molecule has 92 valence electrons. The minimum atomic E-state index is 0.678. The Bertz CT molecular complexity index is 730. The second-order valence-electron chi connectivity index (χ2n) is 4.40. The van der Waals surface area contributed by atoms with E-state index in [0.29, 0.717) is 5.70 Å². The molecule has 0 aliphatic heterocycles. The predicted molar refractivity (Wildman–Crippen MR) is 80.2 cm³/mol. The summed E-state index contributed by atoms with van der Waals surface area (Å²) in [6.07, 6.45) is 1.94. The molecule has 1 heterocycles. The number of nitrogens with zero attached hydrogens (tertiary/aromatic N) is 1. The molecule has 2 nitrogen and oxygen atoms in total. The summed E-state index contributed by atoms with van der Waals surface area (Å²) >= 11 is 0. The maximum Gasteiger partial charge on any atom is 0.0866 e. The molecular weight excluding hydrogens is 232 g/mol. The van der Waals surface area contributed by atoms with Crippen molar-refractivity contribution in [3.8, 4) is 0 Å². The van der Waals surface area contributed by atoms with E-state index >= 15 is 0 Å². The van der Waals surface area contributed by atoms with Crippen LogP contribution in [0.2, 0.25) is 0 Å². The zero-order valence-corrected chi connectivity index (χ0v) is 10.5. The minimum absolute atomic E-state index is 0.678. The Balaban J connectivity index is 2.02. The van der Waals surface area contributed by atoms with Crippen molar-refractivity contribution in [1.29, 1.82) is 0 Å². The lowest BCUT2D eigenvalue weighted by Crippen LogP contribution is -1.99. The van der Waals surface area contributed by atoms with Gasteiger partial charge in [0.1, 0.15) is 0 Å². The number of fused-ring (bicyclic) bond motifs is 1. The highest BCUT2D eigenvalue weighted by atomic mass is 14.7. The first-order valence-corrected chi connectivity index (χ1v) is 6.21. The van der Waals surface area contributed by atoms with Crippen molar-refractivity contribution >= 4 is 22.7 Å². The minimum Gasteiger partial charge on any atom is -0.397 e. The third-order valence-electron chi connectivity index (χ3n) is 3.02. The van der Waals surface area contributed by atoms with Crippen molar-refractivity contribution in [3.63, 3.8) is 0 Å². The van der Waals surface area contributed by atoms with E-state index in [2.05, 4.69) is 4.98 Å². The summed E-state index contributed by atoms with van der Waals surface area (Å²) in [5, 5.41) is 1.12. The van der Waals surface area contributed by atoms with E-state index in [1.54, 1.807) is 0 Å². The lowest BCUT2D eigenvalue weighted by Gasteiger charge is -2.03. The van der Waals surface area contributed by atoms with Gasteiger partial charge in [-0.05, 0) is 23.8 Å². The molecule has 0 aliphatic rings. The summed E-state index contributed by atoms with van der Waals surface area (Å²) < 4.78 is 0. The van der Waals surface area contributed by atoms with Gasteiger partial charge in [0, 0.05) is 5.39 Å². The number of rotatable bonds is 2. The Kier molecular flexibility index (Phi) is 2.99. The first kappa shape index (κ1) is 11.5. The van der Waals surface area contributed by atoms with E-state index in [9.17, 15) is 0 Å². The molecule has 0 spiro atoms. The normalized spacial score (nSPS) is 11.7. The fraction of sp³-hybridized carbons (Fsp3) is 0. The molecular formula is C17H14N2. The number of para-hydroxylation sites is 1. The molecule has 0 aliphatic carbocycles. The molecule has 0 fully saturated rings. The van der Waals surface area contributed by atoms with E-state index in [-0.39, 0.29) is 0 Å². The van der Waals surface area contributed by atoms with Gasteiger partial charge in [0.15, 0.2) is 0 Å². The Hall–Kier alpha value is -2.61. The van der Waals surface area contributed by atoms with Gasteiger partial charge in [0.25, 0.3) is 0 Å². The molecule has 0 unspecified atom stereocenters. The smallest absolute Gasteiger partial charge is 0.0866 e. The third-order valence-corrected chi connectivity index (χ3v) is 3.02. The van der Waals surface area contributed by atoms with E-state index in [1.165, 1.54) is 0 Å². The van der Waals surface area contributed by atoms with Gasteiger partial charge in [-0.3, -0.25) is 0 Å². The maximum atomic E-state index is 6.12. The standard InChI is InChI=1S/C17H14N2/c18-15(12-13-6-2-1-3-7-13)17-11-10-14-8-4-5-9-16(14)19-17/h1-12H,18H2. The summed E-state index contributed by atoms with van der Waals surface area (Å²) in [7, 11) is 0. The van der Waals surface area contributed by atoms with Gasteiger partial charge < -0.3 is 5.73 Å². The Morgan fingerprint density at radius 3 is 2.42 bits per heavy atom. The molecule has 0 saturated heterocycles. The molecule has 0 bridgehead atoms. The maximum absolute atomic E-state index is 6.12. The van der Waals surface area contributed by atoms with Crippen molar-refractivity contribution in [2.75, 3.05) is 0 Å². The number of hydrogen-bond donors (Lipinski definition) is 1. The van der Waals surface area contributed by atoms with Crippen molar-refractivity contribution < 1.29 is 0 Å². The fourth-order valence-electron chi connectivity index (χ4n) is 2.03. The Labute approximate surface area is 112 Å². The number of nitrogens with two attached hydrogens (primary N) is 1. The molecule has 2 heteroatoms. The van der Waals surface area contributed by atoms with Crippen LogP contribution in [-0.2, 0) is 0 Å². The van der Waals surface area contributed by atoms with E-state index in [0.717, 1.165) is 22.2 Å². The molecule has 3 rings (SSSR count). The van der Waals surface area contributed by atoms with E-state index < -0.39 is 0 Å². The van der Waals surface area contributed by atoms with Gasteiger partial charge in [-0.2, -0.15) is 0 Å². The van der Waals surface area contributed by atoms with Crippen molar-refractivity contribution in [2.45, 2.75) is 0 Å². The van der Waals surface area contributed by atoms with Gasteiger partial charge in [0.05, 0.1) is 16.9 Å². The monoisotopic (exact) mass is 246 g/mol. The van der Waals surface area contributed by atoms with Crippen LogP contribution in [0.3, 0.4) is 0 Å². The molecule has 2 N–H and O–H groups in total. The number of benzene rings is 2. The van der Waals surface area contributed by atoms with Crippen LogP contribution in [0.1, 0.15) is 11.3 Å². The quantitative estimate of drug-likeness (QED) is 0.749. The Morgan fingerprint density at radius 1 is 0.842 bits per heavy atom. The number of pyridine rings is 1. The highest BCUT2D eigenvalue weighted by Crippen LogP contribution is 2.16. The lowest BCUT2D eigenvalue weighted by atomic mass is 10.1. The van der Waals surface area contributed by atoms with Crippen LogP contribution >= 0.6 is 0 Å². The van der Waals surface area contributed by atoms with Crippen LogP contribution in [0.25, 0.3) is 22.7 Å². The highest BCUT2D eigenvalue weighted by Gasteiger charge is 2.00. The molecule has 19 heavy (non-hydrogen) atoms. The van der Waals surface area contributed by atoms with Gasteiger partial charge in [-0.15, -0.1) is 0 Å². The van der Waals surface area contributed by atoms with E-state index in [4.69, 9.17) is 5.73 Å². The molecule has 0 atom stereocenters. The summed E-state index contributed by atoms with van der Waals surface area (Å²) in [6, 6.07) is 22.0. The largest absolute Gasteiger partial charge is 0.397 e. The van der Waals surface area contributed by atoms with Crippen LogP contribution < -0.4 is 5.73 Å². The SMILES string of the molecule is NC(=Cc1ccccc1)c1ccc2ccccc2n1. The molecule has 3 aromatic rings. The van der Waals surface area contributed by atoms with Crippen LogP contribution in [-0.4, -0.2) is 4.98 Å². The number of aromatic nitrogens is 1.